The molecule has 5 nitrogen and oxygen atoms in total. The van der Waals surface area contributed by atoms with Crippen molar-refractivity contribution in [1.82, 2.24) is 10.6 Å². The molecule has 24 heavy (non-hydrogen) atoms. The zero-order valence-electron chi connectivity index (χ0n) is 12.9. The number of carbonyl (C=O) groups is 2. The van der Waals surface area contributed by atoms with Crippen LogP contribution in [0.15, 0.2) is 47.1 Å². The third-order valence-electron chi connectivity index (χ3n) is 3.61. The van der Waals surface area contributed by atoms with Gasteiger partial charge in [-0.3, -0.25) is 14.9 Å². The molecule has 1 aliphatic rings. The normalized spacial score (nSPS) is 15.0. The Morgan fingerprint density at radius 2 is 2.04 bits per heavy atom. The average molecular weight is 386 g/mol. The van der Waals surface area contributed by atoms with Crippen LogP contribution in [0.1, 0.15) is 21.5 Å². The number of rotatable bonds is 4. The van der Waals surface area contributed by atoms with Gasteiger partial charge in [0.2, 0.25) is 0 Å². The predicted molar refractivity (Wildman–Crippen MR) is 93.3 cm³/mol. The fraction of sp³-hybridized carbons (Fsp3) is 0.111. The molecule has 0 saturated heterocycles. The quantitative estimate of drug-likeness (QED) is 0.627. The number of carbonyl (C=O) groups excluding carboxylic acids is 2. The molecule has 2 amide bonds. The van der Waals surface area contributed by atoms with Crippen LogP contribution in [0.2, 0.25) is 0 Å². The van der Waals surface area contributed by atoms with Crippen LogP contribution < -0.4 is 15.4 Å². The first-order valence-electron chi connectivity index (χ1n) is 7.22. The van der Waals surface area contributed by atoms with Crippen molar-refractivity contribution < 1.29 is 14.3 Å². The average Bonchev–Trinajstić information content (AvgIpc) is 2.58. The van der Waals surface area contributed by atoms with Crippen LogP contribution in [0.3, 0.4) is 0 Å². The maximum atomic E-state index is 12.1. The lowest BCUT2D eigenvalue weighted by Crippen LogP contribution is -2.37. The van der Waals surface area contributed by atoms with Gasteiger partial charge in [-0.1, -0.05) is 22.0 Å². The van der Waals surface area contributed by atoms with Crippen LogP contribution in [0.25, 0.3) is 5.57 Å². The molecule has 1 aliphatic heterocycles. The molecule has 121 valence electrons. The van der Waals surface area contributed by atoms with Crippen LogP contribution in [-0.4, -0.2) is 18.9 Å². The number of amides is 2. The molecule has 1 heterocycles. The first-order valence-corrected chi connectivity index (χ1v) is 8.01. The largest absolute Gasteiger partial charge is 0.496 e. The van der Waals surface area contributed by atoms with Gasteiger partial charge in [-0.05, 0) is 35.9 Å². The van der Waals surface area contributed by atoms with Crippen molar-refractivity contribution in [3.8, 4) is 5.75 Å². The molecule has 2 aromatic rings. The van der Waals surface area contributed by atoms with Crippen molar-refractivity contribution in [3.05, 3.63) is 69.8 Å². The fourth-order valence-corrected chi connectivity index (χ4v) is 2.75. The number of fused-ring (bicyclic) bond motifs is 1. The van der Waals surface area contributed by atoms with E-state index in [0.29, 0.717) is 29.0 Å². The molecular weight excluding hydrogens is 372 g/mol. The van der Waals surface area contributed by atoms with Gasteiger partial charge in [0, 0.05) is 34.4 Å². The highest BCUT2D eigenvalue weighted by Gasteiger charge is 2.27. The third kappa shape index (κ3) is 3.33. The molecule has 0 fully saturated rings. The topological polar surface area (TPSA) is 67.4 Å². The van der Waals surface area contributed by atoms with Crippen molar-refractivity contribution in [2.24, 2.45) is 0 Å². The second-order valence-electron chi connectivity index (χ2n) is 5.18. The van der Waals surface area contributed by atoms with E-state index in [2.05, 4.69) is 32.6 Å². The Morgan fingerprint density at radius 3 is 2.75 bits per heavy atom. The maximum Gasteiger partial charge on any atom is 0.260 e. The van der Waals surface area contributed by atoms with E-state index in [1.807, 2.05) is 18.2 Å². The van der Waals surface area contributed by atoms with E-state index < -0.39 is 5.91 Å². The Morgan fingerprint density at radius 1 is 1.21 bits per heavy atom. The number of halogens is 1. The number of hydrogen-bond donors (Lipinski definition) is 2. The molecule has 0 aliphatic carbocycles. The predicted octanol–water partition coefficient (Wildman–Crippen LogP) is 2.66. The Balaban J connectivity index is 1.81. The molecule has 0 aromatic heterocycles. The van der Waals surface area contributed by atoms with E-state index in [1.54, 1.807) is 31.5 Å². The molecular formula is C18H14BrN2O3. The van der Waals surface area contributed by atoms with Gasteiger partial charge in [-0.2, -0.15) is 0 Å². The molecule has 0 unspecified atom stereocenters. The molecule has 0 atom stereocenters. The molecule has 1 radical (unpaired) electrons. The minimum atomic E-state index is -0.417. The monoisotopic (exact) mass is 385 g/mol. The summed E-state index contributed by atoms with van der Waals surface area (Å²) >= 11 is 3.37. The second-order valence-corrected chi connectivity index (χ2v) is 6.09. The zero-order valence-corrected chi connectivity index (χ0v) is 14.4. The lowest BCUT2D eigenvalue weighted by molar-refractivity contribution is -0.114. The number of ether oxygens (including phenoxy) is 1. The Labute approximate surface area is 147 Å². The number of imide groups is 1. The van der Waals surface area contributed by atoms with Crippen molar-refractivity contribution >= 4 is 33.3 Å². The minimum Gasteiger partial charge on any atom is -0.496 e. The summed E-state index contributed by atoms with van der Waals surface area (Å²) in [6.45, 7) is 0.522. The van der Waals surface area contributed by atoms with Gasteiger partial charge in [0.15, 0.2) is 0 Å². The highest BCUT2D eigenvalue weighted by Crippen LogP contribution is 2.26. The minimum absolute atomic E-state index is 0.385. The lowest BCUT2D eigenvalue weighted by Gasteiger charge is -2.18. The molecule has 2 aromatic carbocycles. The van der Waals surface area contributed by atoms with E-state index in [0.717, 1.165) is 10.0 Å². The van der Waals surface area contributed by atoms with E-state index >= 15 is 0 Å². The highest BCUT2D eigenvalue weighted by atomic mass is 79.9. The van der Waals surface area contributed by atoms with Crippen LogP contribution in [0.5, 0.6) is 5.75 Å². The molecule has 3 rings (SSSR count). The summed E-state index contributed by atoms with van der Waals surface area (Å²) in [4.78, 5) is 24.0. The summed E-state index contributed by atoms with van der Waals surface area (Å²) in [5.74, 6) is -0.134. The molecule has 6 heteroatoms. The van der Waals surface area contributed by atoms with Gasteiger partial charge < -0.3 is 10.1 Å². The van der Waals surface area contributed by atoms with Gasteiger partial charge in [0.05, 0.1) is 12.7 Å². The summed E-state index contributed by atoms with van der Waals surface area (Å²) in [7, 11) is 1.59. The molecule has 0 spiro atoms. The second kappa shape index (κ2) is 6.88. The van der Waals surface area contributed by atoms with Gasteiger partial charge in [0.1, 0.15) is 5.75 Å². The molecule has 0 saturated carbocycles. The first kappa shape index (κ1) is 16.3. The molecule has 2 N–H and O–H groups in total. The summed E-state index contributed by atoms with van der Waals surface area (Å²) in [6, 6.07) is 13.8. The zero-order chi connectivity index (χ0) is 17.1. The fourth-order valence-electron chi connectivity index (χ4n) is 2.39. The van der Waals surface area contributed by atoms with E-state index in [1.165, 1.54) is 0 Å². The highest BCUT2D eigenvalue weighted by molar-refractivity contribution is 9.10. The standard InChI is InChI=1S/C18H14BrN2O3/c1-24-13-5-2-11(3-6-13)9-20-10-16-15-8-12(19)4-7-14(15)17(22)21-18(16)23/h2-5,7-8,10,20H,9H2,1H3,(H,21,22,23)/b16-10-. The van der Waals surface area contributed by atoms with E-state index in [9.17, 15) is 9.59 Å². The lowest BCUT2D eigenvalue weighted by atomic mass is 9.95. The molecule has 0 bridgehead atoms. The van der Waals surface area contributed by atoms with Crippen molar-refractivity contribution in [2.75, 3.05) is 7.11 Å². The summed E-state index contributed by atoms with van der Waals surface area (Å²) in [5.41, 5.74) is 2.49. The first-order chi connectivity index (χ1) is 11.6. The maximum absolute atomic E-state index is 12.1. The number of benzene rings is 2. The van der Waals surface area contributed by atoms with Crippen LogP contribution in [0, 0.1) is 6.07 Å². The van der Waals surface area contributed by atoms with Gasteiger partial charge in [-0.15, -0.1) is 0 Å². The van der Waals surface area contributed by atoms with E-state index in [4.69, 9.17) is 4.74 Å². The Hall–Kier alpha value is -2.60. The number of hydrogen-bond acceptors (Lipinski definition) is 4. The van der Waals surface area contributed by atoms with Gasteiger partial charge in [-0.25, -0.2) is 0 Å². The van der Waals surface area contributed by atoms with Crippen LogP contribution in [-0.2, 0) is 11.3 Å². The Kier molecular flexibility index (Phi) is 4.66. The summed E-state index contributed by atoms with van der Waals surface area (Å²) in [6.07, 6.45) is 1.62. The smallest absolute Gasteiger partial charge is 0.260 e. The van der Waals surface area contributed by atoms with Crippen molar-refractivity contribution in [3.63, 3.8) is 0 Å². The van der Waals surface area contributed by atoms with Crippen molar-refractivity contribution in [1.29, 1.82) is 0 Å². The van der Waals surface area contributed by atoms with E-state index in [-0.39, 0.29) is 5.91 Å². The number of nitrogens with one attached hydrogen (secondary N) is 2. The number of methoxy groups -OCH3 is 1. The summed E-state index contributed by atoms with van der Waals surface area (Å²) in [5, 5.41) is 5.45. The van der Waals surface area contributed by atoms with Crippen molar-refractivity contribution in [2.45, 2.75) is 6.54 Å². The van der Waals surface area contributed by atoms with Crippen LogP contribution >= 0.6 is 15.9 Å². The third-order valence-corrected chi connectivity index (χ3v) is 4.10. The van der Waals surface area contributed by atoms with Gasteiger partial charge in [0.25, 0.3) is 11.8 Å². The summed E-state index contributed by atoms with van der Waals surface area (Å²) < 4.78 is 5.87. The Bertz CT molecular complexity index is 829. The SMILES string of the molecule is COc1[c]cc(CN/C=C2\C(=O)NC(=O)c3ccc(Br)cc32)cc1. The van der Waals surface area contributed by atoms with Gasteiger partial charge >= 0.3 is 0 Å². The van der Waals surface area contributed by atoms with Crippen LogP contribution in [0.4, 0.5) is 0 Å².